The number of benzene rings is 5. The Morgan fingerprint density at radius 1 is 0.571 bits per heavy atom. The second-order valence-corrected chi connectivity index (χ2v) is 11.2. The van der Waals surface area contributed by atoms with Crippen LogP contribution in [0.3, 0.4) is 0 Å². The molecule has 5 rings (SSSR count). The minimum Gasteiger partial charge on any atom is -0.376 e. The van der Waals surface area contributed by atoms with Gasteiger partial charge in [-0.05, 0) is 80.4 Å². The topological polar surface area (TPSA) is 12.0 Å². The number of unbranched alkanes of at least 4 members (excludes halogenated alkanes) is 1. The number of fused-ring (bicyclic) bond motifs is 6. The van der Waals surface area contributed by atoms with Crippen molar-refractivity contribution in [2.75, 3.05) is 5.32 Å². The summed E-state index contributed by atoms with van der Waals surface area (Å²) in [6, 6.07) is 33.8. The Morgan fingerprint density at radius 3 is 1.57 bits per heavy atom. The molecule has 5 aromatic rings. The van der Waals surface area contributed by atoms with Crippen LogP contribution in [0.5, 0.6) is 0 Å². The van der Waals surface area contributed by atoms with Crippen LogP contribution in [0.2, 0.25) is 0 Å². The van der Waals surface area contributed by atoms with Gasteiger partial charge in [-0.2, -0.15) is 0 Å². The molecule has 1 N–H and O–H groups in total. The average molecular weight is 460 g/mol. The SMILES string of the molecule is CCCC[C@@](C)(Nc1ccc(C(C)(C)C)cc1)c1ccc2c3ccccc3c3ccccc3c2c1. The molecular formula is C34H37N. The fourth-order valence-corrected chi connectivity index (χ4v) is 5.43. The highest BCUT2D eigenvalue weighted by Crippen LogP contribution is 2.39. The summed E-state index contributed by atoms with van der Waals surface area (Å²) in [4.78, 5) is 0. The maximum absolute atomic E-state index is 3.94. The van der Waals surface area contributed by atoms with Gasteiger partial charge in [0, 0.05) is 5.69 Å². The second-order valence-electron chi connectivity index (χ2n) is 11.2. The van der Waals surface area contributed by atoms with Crippen molar-refractivity contribution in [2.24, 2.45) is 0 Å². The Morgan fingerprint density at radius 2 is 1.06 bits per heavy atom. The van der Waals surface area contributed by atoms with Crippen LogP contribution in [0.1, 0.15) is 65.0 Å². The highest BCUT2D eigenvalue weighted by molar-refractivity contribution is 6.25. The van der Waals surface area contributed by atoms with Crippen molar-refractivity contribution < 1.29 is 0 Å². The monoisotopic (exact) mass is 459 g/mol. The third-order valence-corrected chi connectivity index (χ3v) is 7.58. The van der Waals surface area contributed by atoms with E-state index in [1.807, 2.05) is 0 Å². The Balaban J connectivity index is 1.65. The largest absolute Gasteiger partial charge is 0.376 e. The van der Waals surface area contributed by atoms with E-state index in [1.165, 1.54) is 62.0 Å². The molecule has 0 aromatic heterocycles. The van der Waals surface area contributed by atoms with Crippen LogP contribution in [-0.4, -0.2) is 0 Å². The highest BCUT2D eigenvalue weighted by atomic mass is 15.0. The van der Waals surface area contributed by atoms with Gasteiger partial charge < -0.3 is 5.32 Å². The predicted octanol–water partition coefficient (Wildman–Crippen LogP) is 9.96. The van der Waals surface area contributed by atoms with Crippen molar-refractivity contribution in [3.8, 4) is 0 Å². The molecule has 178 valence electrons. The summed E-state index contributed by atoms with van der Waals surface area (Å²) in [5.41, 5.74) is 3.90. The lowest BCUT2D eigenvalue weighted by Gasteiger charge is -2.33. The zero-order chi connectivity index (χ0) is 24.6. The van der Waals surface area contributed by atoms with Crippen molar-refractivity contribution in [3.05, 3.63) is 102 Å². The van der Waals surface area contributed by atoms with Crippen LogP contribution in [0.4, 0.5) is 5.69 Å². The fourth-order valence-electron chi connectivity index (χ4n) is 5.43. The Kier molecular flexibility index (Phi) is 6.05. The zero-order valence-corrected chi connectivity index (χ0v) is 21.8. The van der Waals surface area contributed by atoms with Crippen LogP contribution in [0.25, 0.3) is 32.3 Å². The van der Waals surface area contributed by atoms with Crippen LogP contribution < -0.4 is 5.32 Å². The Bertz CT molecular complexity index is 1450. The van der Waals surface area contributed by atoms with Crippen molar-refractivity contribution >= 4 is 38.0 Å². The molecule has 1 nitrogen and oxygen atoms in total. The number of hydrogen-bond donors (Lipinski definition) is 1. The fraction of sp³-hybridized carbons (Fsp3) is 0.294. The van der Waals surface area contributed by atoms with Crippen LogP contribution in [0, 0.1) is 0 Å². The van der Waals surface area contributed by atoms with Gasteiger partial charge in [-0.15, -0.1) is 0 Å². The number of nitrogens with one attached hydrogen (secondary N) is 1. The third-order valence-electron chi connectivity index (χ3n) is 7.58. The molecule has 0 aliphatic carbocycles. The van der Waals surface area contributed by atoms with Gasteiger partial charge in [-0.3, -0.25) is 0 Å². The Hall–Kier alpha value is -3.32. The predicted molar refractivity (Wildman–Crippen MR) is 155 cm³/mol. The Labute approximate surface area is 210 Å². The molecule has 0 unspecified atom stereocenters. The molecule has 0 bridgehead atoms. The summed E-state index contributed by atoms with van der Waals surface area (Å²) >= 11 is 0. The molecule has 1 heteroatoms. The van der Waals surface area contributed by atoms with Crippen molar-refractivity contribution in [1.29, 1.82) is 0 Å². The van der Waals surface area contributed by atoms with Crippen LogP contribution in [0.15, 0.2) is 91.0 Å². The summed E-state index contributed by atoms with van der Waals surface area (Å²) in [6.07, 6.45) is 3.45. The molecule has 35 heavy (non-hydrogen) atoms. The van der Waals surface area contributed by atoms with Crippen molar-refractivity contribution in [1.82, 2.24) is 0 Å². The van der Waals surface area contributed by atoms with E-state index in [9.17, 15) is 0 Å². The summed E-state index contributed by atoms with van der Waals surface area (Å²) in [5.74, 6) is 0. The van der Waals surface area contributed by atoms with Gasteiger partial charge in [-0.1, -0.05) is 113 Å². The third kappa shape index (κ3) is 4.41. The van der Waals surface area contributed by atoms with Gasteiger partial charge in [0.1, 0.15) is 0 Å². The molecule has 0 spiro atoms. The average Bonchev–Trinajstić information content (AvgIpc) is 2.87. The maximum atomic E-state index is 3.94. The quantitative estimate of drug-likeness (QED) is 0.249. The standard InChI is InChI=1S/C34H37N/c1-6-7-22-34(5,35-26-19-16-24(17-20-26)33(2,3)4)25-18-21-31-29-14-9-8-12-27(29)28-13-10-11-15-30(28)32(31)23-25/h8-21,23,35H,6-7,22H2,1-5H3/t34-/m1/s1. The van der Waals surface area contributed by atoms with Crippen molar-refractivity contribution in [3.63, 3.8) is 0 Å². The van der Waals surface area contributed by atoms with E-state index < -0.39 is 0 Å². The molecule has 0 heterocycles. The van der Waals surface area contributed by atoms with E-state index >= 15 is 0 Å². The maximum Gasteiger partial charge on any atom is 0.0597 e. The first kappa shape index (κ1) is 23.4. The first-order valence-electron chi connectivity index (χ1n) is 13.0. The summed E-state index contributed by atoms with van der Waals surface area (Å²) in [6.45, 7) is 11.4. The molecule has 0 fully saturated rings. The number of hydrogen-bond acceptors (Lipinski definition) is 1. The molecule has 0 aliphatic rings. The zero-order valence-electron chi connectivity index (χ0n) is 21.8. The smallest absolute Gasteiger partial charge is 0.0597 e. The highest BCUT2D eigenvalue weighted by Gasteiger charge is 2.27. The lowest BCUT2D eigenvalue weighted by atomic mass is 9.83. The van der Waals surface area contributed by atoms with E-state index in [1.54, 1.807) is 0 Å². The molecule has 0 radical (unpaired) electrons. The normalized spacial score (nSPS) is 13.9. The van der Waals surface area contributed by atoms with Gasteiger partial charge in [0.2, 0.25) is 0 Å². The van der Waals surface area contributed by atoms with E-state index in [0.29, 0.717) is 0 Å². The molecule has 0 amide bonds. The van der Waals surface area contributed by atoms with Crippen molar-refractivity contribution in [2.45, 2.75) is 64.8 Å². The first-order chi connectivity index (χ1) is 16.8. The molecule has 1 atom stereocenters. The van der Waals surface area contributed by atoms with Gasteiger partial charge in [-0.25, -0.2) is 0 Å². The summed E-state index contributed by atoms with van der Waals surface area (Å²) < 4.78 is 0. The molecule has 5 aromatic carbocycles. The van der Waals surface area contributed by atoms with Gasteiger partial charge >= 0.3 is 0 Å². The molecular weight excluding hydrogens is 422 g/mol. The number of anilines is 1. The van der Waals surface area contributed by atoms with E-state index in [2.05, 4.69) is 131 Å². The van der Waals surface area contributed by atoms with E-state index in [-0.39, 0.29) is 11.0 Å². The minimum atomic E-state index is -0.153. The lowest BCUT2D eigenvalue weighted by molar-refractivity contribution is 0.472. The minimum absolute atomic E-state index is 0.153. The summed E-state index contributed by atoms with van der Waals surface area (Å²) in [5, 5.41) is 11.9. The van der Waals surface area contributed by atoms with Crippen LogP contribution in [-0.2, 0) is 11.0 Å². The van der Waals surface area contributed by atoms with Gasteiger partial charge in [0.15, 0.2) is 0 Å². The second kappa shape index (κ2) is 9.04. The van der Waals surface area contributed by atoms with Gasteiger partial charge in [0.25, 0.3) is 0 Å². The molecule has 0 aliphatic heterocycles. The molecule has 0 saturated heterocycles. The molecule has 0 saturated carbocycles. The first-order valence-corrected chi connectivity index (χ1v) is 13.0. The van der Waals surface area contributed by atoms with Crippen LogP contribution >= 0.6 is 0 Å². The van der Waals surface area contributed by atoms with E-state index in [4.69, 9.17) is 0 Å². The summed E-state index contributed by atoms with van der Waals surface area (Å²) in [7, 11) is 0. The lowest BCUT2D eigenvalue weighted by Crippen LogP contribution is -2.32. The number of rotatable bonds is 6. The van der Waals surface area contributed by atoms with E-state index in [0.717, 1.165) is 6.42 Å². The van der Waals surface area contributed by atoms with Gasteiger partial charge in [0.05, 0.1) is 5.54 Å².